The van der Waals surface area contributed by atoms with Gasteiger partial charge in [-0.1, -0.05) is 13.8 Å². The first-order chi connectivity index (χ1) is 9.88. The van der Waals surface area contributed by atoms with Gasteiger partial charge in [-0.3, -0.25) is 4.79 Å². The van der Waals surface area contributed by atoms with Crippen LogP contribution in [0.3, 0.4) is 0 Å². The van der Waals surface area contributed by atoms with E-state index in [1.807, 2.05) is 13.8 Å². The van der Waals surface area contributed by atoms with Crippen LogP contribution >= 0.6 is 0 Å². The van der Waals surface area contributed by atoms with Crippen molar-refractivity contribution in [1.29, 1.82) is 0 Å². The Balaban J connectivity index is 2.64. The highest BCUT2D eigenvalue weighted by atomic mass is 19.1. The molecule has 1 unspecified atom stereocenters. The van der Waals surface area contributed by atoms with E-state index in [-0.39, 0.29) is 23.2 Å². The summed E-state index contributed by atoms with van der Waals surface area (Å²) in [5.41, 5.74) is 5.30. The van der Waals surface area contributed by atoms with E-state index < -0.39 is 17.9 Å². The molecule has 0 fully saturated rings. The number of rotatable bonds is 6. The molecule has 6 heteroatoms. The number of benzene rings is 1. The minimum Gasteiger partial charge on any atom is -0.449 e. The molecule has 0 aliphatic rings. The number of ether oxygens (including phenoxy) is 1. The van der Waals surface area contributed by atoms with E-state index in [1.165, 1.54) is 19.1 Å². The maximum atomic E-state index is 13.3. The summed E-state index contributed by atoms with van der Waals surface area (Å²) in [5.74, 6) is -1.83. The zero-order chi connectivity index (χ0) is 16.0. The van der Waals surface area contributed by atoms with Crippen LogP contribution in [0, 0.1) is 5.82 Å². The van der Waals surface area contributed by atoms with Gasteiger partial charge in [-0.25, -0.2) is 9.18 Å². The third kappa shape index (κ3) is 4.73. The first kappa shape index (κ1) is 16.9. The van der Waals surface area contributed by atoms with Gasteiger partial charge in [0.05, 0.1) is 11.3 Å². The number of esters is 1. The SMILES string of the molecule is CCC(CC)NC(=O)C(C)OC(=O)c1ccc(N)c(F)c1. The highest BCUT2D eigenvalue weighted by Gasteiger charge is 2.21. The van der Waals surface area contributed by atoms with E-state index in [1.54, 1.807) is 0 Å². The number of anilines is 1. The zero-order valence-corrected chi connectivity index (χ0v) is 12.5. The Hall–Kier alpha value is -2.11. The van der Waals surface area contributed by atoms with Crippen LogP contribution in [0.4, 0.5) is 10.1 Å². The van der Waals surface area contributed by atoms with Crippen LogP contribution in [0.15, 0.2) is 18.2 Å². The van der Waals surface area contributed by atoms with Crippen molar-refractivity contribution in [2.45, 2.75) is 45.8 Å². The van der Waals surface area contributed by atoms with Gasteiger partial charge in [-0.2, -0.15) is 0 Å². The van der Waals surface area contributed by atoms with E-state index in [9.17, 15) is 14.0 Å². The smallest absolute Gasteiger partial charge is 0.339 e. The summed E-state index contributed by atoms with van der Waals surface area (Å²) >= 11 is 0. The van der Waals surface area contributed by atoms with Gasteiger partial charge in [0, 0.05) is 6.04 Å². The molecule has 0 heterocycles. The van der Waals surface area contributed by atoms with Crippen LogP contribution in [0.25, 0.3) is 0 Å². The van der Waals surface area contributed by atoms with Gasteiger partial charge in [0.1, 0.15) is 5.82 Å². The van der Waals surface area contributed by atoms with E-state index in [2.05, 4.69) is 5.32 Å². The van der Waals surface area contributed by atoms with Crippen molar-refractivity contribution >= 4 is 17.6 Å². The fraction of sp³-hybridized carbons (Fsp3) is 0.467. The summed E-state index contributed by atoms with van der Waals surface area (Å²) < 4.78 is 18.3. The predicted molar refractivity (Wildman–Crippen MR) is 78.2 cm³/mol. The summed E-state index contributed by atoms with van der Waals surface area (Å²) in [7, 11) is 0. The molecule has 1 aromatic carbocycles. The van der Waals surface area contributed by atoms with Gasteiger partial charge in [-0.05, 0) is 38.0 Å². The molecule has 21 heavy (non-hydrogen) atoms. The zero-order valence-electron chi connectivity index (χ0n) is 12.5. The van der Waals surface area contributed by atoms with Crippen molar-refractivity contribution in [2.75, 3.05) is 5.73 Å². The molecule has 0 aliphatic heterocycles. The summed E-state index contributed by atoms with van der Waals surface area (Å²) in [6.07, 6.45) is 0.650. The molecule has 0 aliphatic carbocycles. The molecular formula is C15H21FN2O3. The van der Waals surface area contributed by atoms with Crippen LogP contribution < -0.4 is 11.1 Å². The Bertz CT molecular complexity index is 516. The quantitative estimate of drug-likeness (QED) is 0.623. The van der Waals surface area contributed by atoms with Crippen LogP contribution in [0.2, 0.25) is 0 Å². The minimum atomic E-state index is -0.946. The van der Waals surface area contributed by atoms with Gasteiger partial charge in [0.25, 0.3) is 5.91 Å². The number of nitrogens with two attached hydrogens (primary N) is 1. The molecule has 0 radical (unpaired) electrons. The standard InChI is InChI=1S/C15H21FN2O3/c1-4-11(5-2)18-14(19)9(3)21-15(20)10-6-7-13(17)12(16)8-10/h6-9,11H,4-5,17H2,1-3H3,(H,18,19). The molecule has 0 bridgehead atoms. The topological polar surface area (TPSA) is 81.4 Å². The Labute approximate surface area is 123 Å². The number of halogens is 1. The van der Waals surface area contributed by atoms with Crippen molar-refractivity contribution in [1.82, 2.24) is 5.32 Å². The van der Waals surface area contributed by atoms with Crippen LogP contribution in [0.5, 0.6) is 0 Å². The molecule has 1 amide bonds. The number of nitrogen functional groups attached to an aromatic ring is 1. The lowest BCUT2D eigenvalue weighted by Gasteiger charge is -2.18. The van der Waals surface area contributed by atoms with Gasteiger partial charge < -0.3 is 15.8 Å². The second-order valence-electron chi connectivity index (χ2n) is 4.81. The Morgan fingerprint density at radius 1 is 1.33 bits per heavy atom. The number of amides is 1. The third-order valence-corrected chi connectivity index (χ3v) is 3.22. The molecule has 0 spiro atoms. The van der Waals surface area contributed by atoms with Gasteiger partial charge >= 0.3 is 5.97 Å². The average molecular weight is 296 g/mol. The molecule has 1 aromatic rings. The third-order valence-electron chi connectivity index (χ3n) is 3.22. The number of carbonyl (C=O) groups excluding carboxylic acids is 2. The summed E-state index contributed by atoms with van der Waals surface area (Å²) in [6, 6.07) is 3.67. The van der Waals surface area contributed by atoms with Crippen LogP contribution in [-0.2, 0) is 9.53 Å². The predicted octanol–water partition coefficient (Wildman–Crippen LogP) is 2.26. The monoisotopic (exact) mass is 296 g/mol. The second kappa shape index (κ2) is 7.61. The highest BCUT2D eigenvalue weighted by molar-refractivity contribution is 5.92. The van der Waals surface area contributed by atoms with Crippen molar-refractivity contribution < 1.29 is 18.7 Å². The van der Waals surface area contributed by atoms with Crippen LogP contribution in [-0.4, -0.2) is 24.0 Å². The summed E-state index contributed by atoms with van der Waals surface area (Å²) in [4.78, 5) is 23.7. The first-order valence-corrected chi connectivity index (χ1v) is 6.95. The van der Waals surface area contributed by atoms with Crippen LogP contribution in [0.1, 0.15) is 44.0 Å². The Morgan fingerprint density at radius 2 is 1.95 bits per heavy atom. The van der Waals surface area contributed by atoms with Gasteiger partial charge in [0.2, 0.25) is 0 Å². The molecule has 3 N–H and O–H groups in total. The number of hydrogen-bond acceptors (Lipinski definition) is 4. The van der Waals surface area contributed by atoms with Crippen molar-refractivity contribution in [3.8, 4) is 0 Å². The number of hydrogen-bond donors (Lipinski definition) is 2. The number of carbonyl (C=O) groups is 2. The average Bonchev–Trinajstić information content (AvgIpc) is 2.46. The van der Waals surface area contributed by atoms with E-state index in [0.29, 0.717) is 0 Å². The fourth-order valence-electron chi connectivity index (χ4n) is 1.75. The first-order valence-electron chi connectivity index (χ1n) is 6.95. The molecule has 116 valence electrons. The Morgan fingerprint density at radius 3 is 2.48 bits per heavy atom. The van der Waals surface area contributed by atoms with E-state index >= 15 is 0 Å². The lowest BCUT2D eigenvalue weighted by atomic mass is 10.1. The summed E-state index contributed by atoms with van der Waals surface area (Å²) in [6.45, 7) is 5.40. The molecular weight excluding hydrogens is 275 g/mol. The van der Waals surface area contributed by atoms with Crippen molar-refractivity contribution in [3.05, 3.63) is 29.6 Å². The lowest BCUT2D eigenvalue weighted by molar-refractivity contribution is -0.129. The maximum Gasteiger partial charge on any atom is 0.339 e. The highest BCUT2D eigenvalue weighted by Crippen LogP contribution is 2.13. The van der Waals surface area contributed by atoms with E-state index in [4.69, 9.17) is 10.5 Å². The summed E-state index contributed by atoms with van der Waals surface area (Å²) in [5, 5.41) is 2.78. The molecule has 1 rings (SSSR count). The van der Waals surface area contributed by atoms with Crippen molar-refractivity contribution in [2.24, 2.45) is 0 Å². The maximum absolute atomic E-state index is 13.3. The van der Waals surface area contributed by atoms with Crippen molar-refractivity contribution in [3.63, 3.8) is 0 Å². The van der Waals surface area contributed by atoms with E-state index in [0.717, 1.165) is 18.9 Å². The molecule has 0 aromatic heterocycles. The minimum absolute atomic E-state index is 0.0175. The molecule has 0 saturated carbocycles. The molecule has 5 nitrogen and oxygen atoms in total. The lowest BCUT2D eigenvalue weighted by Crippen LogP contribution is -2.41. The second-order valence-corrected chi connectivity index (χ2v) is 4.81. The van der Waals surface area contributed by atoms with Gasteiger partial charge in [0.15, 0.2) is 6.10 Å². The number of nitrogens with one attached hydrogen (secondary N) is 1. The Kier molecular flexibility index (Phi) is 6.14. The van der Waals surface area contributed by atoms with Gasteiger partial charge in [-0.15, -0.1) is 0 Å². The molecule has 1 atom stereocenters. The fourth-order valence-corrected chi connectivity index (χ4v) is 1.75. The largest absolute Gasteiger partial charge is 0.449 e. The normalized spacial score (nSPS) is 12.0. The molecule has 0 saturated heterocycles.